The van der Waals surface area contributed by atoms with Crippen LogP contribution in [0.3, 0.4) is 0 Å². The Morgan fingerprint density at radius 2 is 2.00 bits per heavy atom. The summed E-state index contributed by atoms with van der Waals surface area (Å²) in [5, 5.41) is 0. The average Bonchev–Trinajstić information content (AvgIpc) is 1.82. The predicted octanol–water partition coefficient (Wildman–Crippen LogP) is 1.28. The van der Waals surface area contributed by atoms with Gasteiger partial charge in [0.15, 0.2) is 5.52 Å². The van der Waals surface area contributed by atoms with Gasteiger partial charge in [-0.2, -0.15) is 0 Å². The predicted molar refractivity (Wildman–Crippen MR) is 46.7 cm³/mol. The number of carbonyl (C=O) groups is 1. The first-order chi connectivity index (χ1) is 4.54. The molecule has 1 unspecified atom stereocenters. The summed E-state index contributed by atoms with van der Waals surface area (Å²) in [5.41, 5.74) is 0.855. The van der Waals surface area contributed by atoms with Crippen LogP contribution in [0.1, 0.15) is 6.92 Å². The Hall–Kier alpha value is 0.904. The Kier molecular flexibility index (Phi) is 9.90. The molecule has 4 heteroatoms. The van der Waals surface area contributed by atoms with Gasteiger partial charge in [0.25, 0.3) is 0 Å². The molecule has 0 saturated carbocycles. The maximum atomic E-state index is 10.9. The van der Waals surface area contributed by atoms with Gasteiger partial charge in [0.1, 0.15) is 0 Å². The Labute approximate surface area is 95.5 Å². The zero-order chi connectivity index (χ0) is 8.15. The quantitative estimate of drug-likeness (QED) is 0.551. The van der Waals surface area contributed by atoms with Gasteiger partial charge >= 0.3 is 0 Å². The number of nitrogens with zero attached hydrogens (tertiary/aromatic N) is 1. The van der Waals surface area contributed by atoms with Gasteiger partial charge in [-0.25, -0.2) is 0 Å². The molecule has 11 heavy (non-hydrogen) atoms. The smallest absolute Gasteiger partial charge is 0.177 e. The summed E-state index contributed by atoms with van der Waals surface area (Å²) < 4.78 is 0. The van der Waals surface area contributed by atoms with Gasteiger partial charge < -0.3 is 4.90 Å². The Bertz CT molecular complexity index is 147. The van der Waals surface area contributed by atoms with Crippen LogP contribution >= 0.6 is 8.58 Å². The second-order valence-electron chi connectivity index (χ2n) is 2.52. The van der Waals surface area contributed by atoms with Crippen molar-refractivity contribution in [2.45, 2.75) is 6.92 Å². The van der Waals surface area contributed by atoms with E-state index in [0.717, 1.165) is 6.29 Å². The summed E-state index contributed by atoms with van der Waals surface area (Å²) in [6.45, 7) is 5.33. The zero-order valence-electron chi connectivity index (χ0n) is 7.35. The maximum Gasteiger partial charge on any atom is 0.177 e. The molecule has 0 aliphatic rings. The van der Waals surface area contributed by atoms with E-state index in [1.807, 2.05) is 19.0 Å². The van der Waals surface area contributed by atoms with Crippen molar-refractivity contribution in [3.05, 3.63) is 12.2 Å². The van der Waals surface area contributed by atoms with E-state index in [9.17, 15) is 4.79 Å². The molecular formula is C7H14NOPY. The summed E-state index contributed by atoms with van der Waals surface area (Å²) >= 11 is 0. The first-order valence-electron chi connectivity index (χ1n) is 3.12. The molecule has 0 aromatic heterocycles. The molecule has 0 rings (SSSR count). The van der Waals surface area contributed by atoms with E-state index in [1.165, 1.54) is 0 Å². The van der Waals surface area contributed by atoms with Crippen LogP contribution < -0.4 is 0 Å². The van der Waals surface area contributed by atoms with Gasteiger partial charge in [-0.3, -0.25) is 4.79 Å². The topological polar surface area (TPSA) is 20.3 Å². The van der Waals surface area contributed by atoms with E-state index in [1.54, 1.807) is 6.92 Å². The van der Waals surface area contributed by atoms with E-state index in [-0.39, 0.29) is 38.2 Å². The molecule has 0 aliphatic carbocycles. The fraction of sp³-hybridized carbons (Fsp3) is 0.571. The molecule has 2 nitrogen and oxygen atoms in total. The summed E-state index contributed by atoms with van der Waals surface area (Å²) in [6.07, 6.45) is 0.839. The van der Waals surface area contributed by atoms with Gasteiger partial charge in [0.2, 0.25) is 0 Å². The van der Waals surface area contributed by atoms with E-state index in [2.05, 4.69) is 6.58 Å². The molecule has 0 aromatic carbocycles. The fourth-order valence-corrected chi connectivity index (χ4v) is 1.14. The molecule has 0 saturated heterocycles. The van der Waals surface area contributed by atoms with Crippen molar-refractivity contribution < 1.29 is 37.5 Å². The van der Waals surface area contributed by atoms with Crippen LogP contribution in [-0.4, -0.2) is 30.8 Å². The van der Waals surface area contributed by atoms with Crippen molar-refractivity contribution in [2.75, 3.05) is 20.4 Å². The van der Waals surface area contributed by atoms with Crippen LogP contribution in [0.2, 0.25) is 0 Å². The van der Waals surface area contributed by atoms with Crippen LogP contribution in [-0.2, 0) is 37.5 Å². The number of rotatable bonds is 4. The Morgan fingerprint density at radius 3 is 2.27 bits per heavy atom. The molecule has 0 amide bonds. The molecule has 0 bridgehead atoms. The number of allylic oxidation sites excluding steroid dienone is 1. The van der Waals surface area contributed by atoms with Crippen molar-refractivity contribution in [3.63, 3.8) is 0 Å². The summed E-state index contributed by atoms with van der Waals surface area (Å²) in [4.78, 5) is 12.9. The van der Waals surface area contributed by atoms with E-state index < -0.39 is 0 Å². The first kappa shape index (κ1) is 14.4. The molecule has 0 spiro atoms. The largest absolute Gasteiger partial charge is 0.305 e. The van der Waals surface area contributed by atoms with Gasteiger partial charge in [-0.05, 0) is 35.2 Å². The van der Waals surface area contributed by atoms with Gasteiger partial charge in [0, 0.05) is 39.0 Å². The molecule has 1 radical (unpaired) electrons. The van der Waals surface area contributed by atoms with Gasteiger partial charge in [0.05, 0.1) is 0 Å². The third kappa shape index (κ3) is 8.81. The first-order valence-corrected chi connectivity index (χ1v) is 4.33. The summed E-state index contributed by atoms with van der Waals surface area (Å²) in [6, 6.07) is 0. The normalized spacial score (nSPS) is 10.2. The molecule has 0 heterocycles. The SMILES string of the molecule is C=C(C)C(=O)PCN(C)C.[Y]. The number of hydrogen-bond donors (Lipinski definition) is 0. The number of hydrogen-bond acceptors (Lipinski definition) is 2. The van der Waals surface area contributed by atoms with Crippen LogP contribution in [0.5, 0.6) is 0 Å². The third-order valence-electron chi connectivity index (χ3n) is 0.943. The van der Waals surface area contributed by atoms with Crippen LogP contribution in [0, 0.1) is 0 Å². The average molecular weight is 248 g/mol. The van der Waals surface area contributed by atoms with Crippen molar-refractivity contribution in [1.82, 2.24) is 4.90 Å². The third-order valence-corrected chi connectivity index (χ3v) is 2.48. The molecule has 61 valence electrons. The Balaban J connectivity index is 0. The van der Waals surface area contributed by atoms with E-state index in [0.29, 0.717) is 14.2 Å². The number of carbonyl (C=O) groups excluding carboxylic acids is 1. The second-order valence-corrected chi connectivity index (χ2v) is 3.65. The maximum absolute atomic E-state index is 10.9. The minimum absolute atomic E-state index is 0. The van der Waals surface area contributed by atoms with Crippen LogP contribution in [0.4, 0.5) is 0 Å². The molecule has 1 atom stereocenters. The van der Waals surface area contributed by atoms with E-state index in [4.69, 9.17) is 0 Å². The molecular weight excluding hydrogens is 234 g/mol. The standard InChI is InChI=1S/C7H14NOP.Y/c1-6(2)7(9)10-5-8(3)4;/h10H,1,5H2,2-4H3;. The second kappa shape index (κ2) is 7.55. The van der Waals surface area contributed by atoms with Crippen molar-refractivity contribution in [1.29, 1.82) is 0 Å². The van der Waals surface area contributed by atoms with Crippen molar-refractivity contribution in [2.24, 2.45) is 0 Å². The monoisotopic (exact) mass is 248 g/mol. The van der Waals surface area contributed by atoms with Crippen LogP contribution in [0.15, 0.2) is 12.2 Å². The summed E-state index contributed by atoms with van der Waals surface area (Å²) in [5.74, 6) is 0. The molecule has 0 aromatic rings. The van der Waals surface area contributed by atoms with Gasteiger partial charge in [-0.15, -0.1) is 0 Å². The zero-order valence-corrected chi connectivity index (χ0v) is 11.2. The van der Waals surface area contributed by atoms with Crippen LogP contribution in [0.25, 0.3) is 0 Å². The molecule has 0 N–H and O–H groups in total. The van der Waals surface area contributed by atoms with Gasteiger partial charge in [-0.1, -0.05) is 6.58 Å². The summed E-state index contributed by atoms with van der Waals surface area (Å²) in [7, 11) is 4.27. The fourth-order valence-electron chi connectivity index (χ4n) is 0.381. The molecule has 0 aliphatic heterocycles. The van der Waals surface area contributed by atoms with Crippen molar-refractivity contribution in [3.8, 4) is 0 Å². The van der Waals surface area contributed by atoms with E-state index >= 15 is 0 Å². The minimum Gasteiger partial charge on any atom is -0.305 e. The Morgan fingerprint density at radius 1 is 1.55 bits per heavy atom. The molecule has 0 fully saturated rings. The van der Waals surface area contributed by atoms with Crippen molar-refractivity contribution >= 4 is 14.1 Å². The minimum atomic E-state index is 0.